The molecule has 0 aliphatic heterocycles. The largest absolute Gasteiger partial charge is 0.357 e. The second-order valence-electron chi connectivity index (χ2n) is 4.30. The molecule has 0 amide bonds. The van der Waals surface area contributed by atoms with E-state index in [-0.39, 0.29) is 6.23 Å². The van der Waals surface area contributed by atoms with Crippen molar-refractivity contribution in [3.05, 3.63) is 34.9 Å². The Labute approximate surface area is 105 Å². The molecule has 0 saturated heterocycles. The van der Waals surface area contributed by atoms with Crippen molar-refractivity contribution >= 4 is 5.71 Å². The fourth-order valence-corrected chi connectivity index (χ4v) is 1.99. The normalized spacial score (nSPS) is 13.8. The van der Waals surface area contributed by atoms with E-state index < -0.39 is 0 Å². The van der Waals surface area contributed by atoms with E-state index in [0.717, 1.165) is 12.1 Å². The summed E-state index contributed by atoms with van der Waals surface area (Å²) in [5, 5.41) is 0. The third-order valence-corrected chi connectivity index (χ3v) is 2.77. The number of aryl methyl sites for hydroxylation is 2. The van der Waals surface area contributed by atoms with Gasteiger partial charge in [0.2, 0.25) is 0 Å². The molecule has 0 aliphatic rings. The average Bonchev–Trinajstić information content (AvgIpc) is 2.27. The van der Waals surface area contributed by atoms with E-state index in [9.17, 15) is 0 Å². The first-order valence-electron chi connectivity index (χ1n) is 6.34. The Morgan fingerprint density at radius 2 is 2.00 bits per heavy atom. The molecule has 0 fully saturated rings. The van der Waals surface area contributed by atoms with Gasteiger partial charge in [0.15, 0.2) is 0 Å². The maximum absolute atomic E-state index is 5.47. The molecule has 1 aromatic carbocycles. The van der Waals surface area contributed by atoms with Crippen LogP contribution in [-0.2, 0) is 4.74 Å². The van der Waals surface area contributed by atoms with Gasteiger partial charge in [0.25, 0.3) is 0 Å². The lowest BCUT2D eigenvalue weighted by molar-refractivity contribution is 0.0831. The topological polar surface area (TPSA) is 21.6 Å². The van der Waals surface area contributed by atoms with Crippen LogP contribution in [-0.4, -0.2) is 18.5 Å². The Morgan fingerprint density at radius 3 is 2.53 bits per heavy atom. The molecule has 0 bridgehead atoms. The summed E-state index contributed by atoms with van der Waals surface area (Å²) in [5.41, 5.74) is 4.95. The summed E-state index contributed by atoms with van der Waals surface area (Å²) in [6.45, 7) is 11.1. The zero-order chi connectivity index (χ0) is 12.8. The molecule has 1 aromatic rings. The first-order chi connectivity index (χ1) is 8.08. The lowest BCUT2D eigenvalue weighted by Crippen LogP contribution is -2.11. The molecule has 94 valence electrons. The smallest absolute Gasteiger partial charge is 0.145 e. The highest BCUT2D eigenvalue weighted by Crippen LogP contribution is 2.14. The third-order valence-electron chi connectivity index (χ3n) is 2.77. The van der Waals surface area contributed by atoms with Gasteiger partial charge in [-0.15, -0.1) is 0 Å². The molecule has 1 unspecified atom stereocenters. The molecule has 0 radical (unpaired) electrons. The molecule has 0 heterocycles. The van der Waals surface area contributed by atoms with Crippen molar-refractivity contribution in [2.75, 3.05) is 6.61 Å². The van der Waals surface area contributed by atoms with Crippen molar-refractivity contribution in [2.24, 2.45) is 4.99 Å². The van der Waals surface area contributed by atoms with Crippen molar-refractivity contribution in [3.8, 4) is 0 Å². The van der Waals surface area contributed by atoms with Gasteiger partial charge in [-0.2, -0.15) is 0 Å². The predicted octanol–water partition coefficient (Wildman–Crippen LogP) is 3.89. The lowest BCUT2D eigenvalue weighted by atomic mass is 10.0. The molecule has 0 N–H and O–H groups in total. The first-order valence-corrected chi connectivity index (χ1v) is 6.34. The molecule has 2 nitrogen and oxygen atoms in total. The first kappa shape index (κ1) is 13.9. The molecule has 0 aliphatic carbocycles. The Kier molecular flexibility index (Phi) is 5.36. The molecule has 2 heteroatoms. The van der Waals surface area contributed by atoms with E-state index in [0.29, 0.717) is 6.61 Å². The molecule has 1 rings (SSSR count). The van der Waals surface area contributed by atoms with E-state index in [1.54, 1.807) is 0 Å². The minimum atomic E-state index is -0.0596. The number of ether oxygens (including phenoxy) is 1. The van der Waals surface area contributed by atoms with Gasteiger partial charge >= 0.3 is 0 Å². The van der Waals surface area contributed by atoms with Crippen LogP contribution in [0.15, 0.2) is 23.2 Å². The summed E-state index contributed by atoms with van der Waals surface area (Å²) in [7, 11) is 0. The monoisotopic (exact) mass is 233 g/mol. The van der Waals surface area contributed by atoms with Crippen molar-refractivity contribution in [1.29, 1.82) is 0 Å². The van der Waals surface area contributed by atoms with Crippen molar-refractivity contribution in [2.45, 2.75) is 47.3 Å². The summed E-state index contributed by atoms with van der Waals surface area (Å²) < 4.78 is 5.47. The van der Waals surface area contributed by atoms with E-state index in [1.807, 2.05) is 13.8 Å². The fourth-order valence-electron chi connectivity index (χ4n) is 1.99. The Balaban J connectivity index is 3.01. The number of hydrogen-bond acceptors (Lipinski definition) is 2. The summed E-state index contributed by atoms with van der Waals surface area (Å²) in [4.78, 5) is 4.64. The van der Waals surface area contributed by atoms with Gasteiger partial charge in [-0.25, -0.2) is 0 Å². The van der Waals surface area contributed by atoms with Crippen LogP contribution >= 0.6 is 0 Å². The highest BCUT2D eigenvalue weighted by molar-refractivity contribution is 6.01. The number of aliphatic imine (C=N–C) groups is 1. The van der Waals surface area contributed by atoms with Gasteiger partial charge in [-0.05, 0) is 45.2 Å². The Bertz CT molecular complexity index is 396. The van der Waals surface area contributed by atoms with Crippen molar-refractivity contribution in [1.82, 2.24) is 0 Å². The van der Waals surface area contributed by atoms with E-state index in [4.69, 9.17) is 4.74 Å². The van der Waals surface area contributed by atoms with Crippen LogP contribution in [0.2, 0.25) is 0 Å². The number of rotatable bonds is 5. The SMILES string of the molecule is CCOC(C)/N=C(\CC)c1ccc(C)cc1C. The molecule has 0 saturated carbocycles. The van der Waals surface area contributed by atoms with E-state index in [1.165, 1.54) is 16.7 Å². The lowest BCUT2D eigenvalue weighted by Gasteiger charge is -2.12. The van der Waals surface area contributed by atoms with Gasteiger partial charge in [0, 0.05) is 12.3 Å². The predicted molar refractivity (Wildman–Crippen MR) is 73.8 cm³/mol. The number of benzene rings is 1. The number of nitrogens with zero attached hydrogens (tertiary/aromatic N) is 1. The van der Waals surface area contributed by atoms with Gasteiger partial charge in [0.1, 0.15) is 6.23 Å². The average molecular weight is 233 g/mol. The third kappa shape index (κ3) is 3.97. The maximum Gasteiger partial charge on any atom is 0.145 e. The standard InChI is InChI=1S/C15H23NO/c1-6-15(16-13(5)17-7-2)14-9-8-11(3)10-12(14)4/h8-10,13H,6-7H2,1-5H3/b16-15+. The Hall–Kier alpha value is -1.15. The van der Waals surface area contributed by atoms with Gasteiger partial charge in [-0.1, -0.05) is 30.7 Å². The van der Waals surface area contributed by atoms with Crippen LogP contribution < -0.4 is 0 Å². The molecular formula is C15H23NO. The minimum Gasteiger partial charge on any atom is -0.357 e. The van der Waals surface area contributed by atoms with E-state index >= 15 is 0 Å². The highest BCUT2D eigenvalue weighted by atomic mass is 16.5. The second kappa shape index (κ2) is 6.55. The summed E-state index contributed by atoms with van der Waals surface area (Å²) >= 11 is 0. The molecule has 17 heavy (non-hydrogen) atoms. The molecular weight excluding hydrogens is 210 g/mol. The van der Waals surface area contributed by atoms with Crippen LogP contribution in [0.3, 0.4) is 0 Å². The Morgan fingerprint density at radius 1 is 1.29 bits per heavy atom. The van der Waals surface area contributed by atoms with Gasteiger partial charge in [0.05, 0.1) is 0 Å². The van der Waals surface area contributed by atoms with Gasteiger partial charge < -0.3 is 4.74 Å². The van der Waals surface area contributed by atoms with Crippen molar-refractivity contribution in [3.63, 3.8) is 0 Å². The summed E-state index contributed by atoms with van der Waals surface area (Å²) in [6.07, 6.45) is 0.872. The van der Waals surface area contributed by atoms with Gasteiger partial charge in [-0.3, -0.25) is 4.99 Å². The van der Waals surface area contributed by atoms with Crippen LogP contribution in [0.25, 0.3) is 0 Å². The zero-order valence-electron chi connectivity index (χ0n) is 11.6. The van der Waals surface area contributed by atoms with Crippen LogP contribution in [0.5, 0.6) is 0 Å². The van der Waals surface area contributed by atoms with E-state index in [2.05, 4.69) is 44.0 Å². The van der Waals surface area contributed by atoms with Crippen molar-refractivity contribution < 1.29 is 4.74 Å². The quantitative estimate of drug-likeness (QED) is 0.707. The minimum absolute atomic E-state index is 0.0596. The van der Waals surface area contributed by atoms with Crippen LogP contribution in [0, 0.1) is 13.8 Å². The zero-order valence-corrected chi connectivity index (χ0v) is 11.6. The maximum atomic E-state index is 5.47. The second-order valence-corrected chi connectivity index (χ2v) is 4.30. The summed E-state index contributed by atoms with van der Waals surface area (Å²) in [5.74, 6) is 0. The molecule has 0 aromatic heterocycles. The highest BCUT2D eigenvalue weighted by Gasteiger charge is 2.07. The fraction of sp³-hybridized carbons (Fsp3) is 0.533. The molecule has 0 spiro atoms. The van der Waals surface area contributed by atoms with Crippen LogP contribution in [0.4, 0.5) is 0 Å². The number of hydrogen-bond donors (Lipinski definition) is 0. The van der Waals surface area contributed by atoms with Crippen LogP contribution in [0.1, 0.15) is 43.9 Å². The summed E-state index contributed by atoms with van der Waals surface area (Å²) in [6, 6.07) is 6.50. The molecule has 1 atom stereocenters.